The number of rotatable bonds is 5. The number of likely N-dealkylation sites (N-methyl/N-ethyl adjacent to an activating group) is 1. The van der Waals surface area contributed by atoms with Gasteiger partial charge in [-0.2, -0.15) is 0 Å². The van der Waals surface area contributed by atoms with E-state index in [0.29, 0.717) is 35.7 Å². The molecule has 28 heavy (non-hydrogen) atoms. The summed E-state index contributed by atoms with van der Waals surface area (Å²) in [5.74, 6) is -1.82. The van der Waals surface area contributed by atoms with E-state index in [1.165, 1.54) is 19.3 Å². The summed E-state index contributed by atoms with van der Waals surface area (Å²) < 4.78 is 5.55. The Bertz CT molecular complexity index is 712. The number of aromatic nitrogens is 1. The van der Waals surface area contributed by atoms with Gasteiger partial charge < -0.3 is 19.8 Å². The van der Waals surface area contributed by atoms with Gasteiger partial charge >= 0.3 is 11.9 Å². The first kappa shape index (κ1) is 22.0. The highest BCUT2D eigenvalue weighted by atomic mass is 35.5. The summed E-state index contributed by atoms with van der Waals surface area (Å²) in [4.78, 5) is 28.3. The molecule has 2 N–H and O–H groups in total. The van der Waals surface area contributed by atoms with Crippen molar-refractivity contribution in [3.05, 3.63) is 29.6 Å². The van der Waals surface area contributed by atoms with Gasteiger partial charge in [-0.3, -0.25) is 4.90 Å². The number of carboxylic acid groups (broad SMARTS) is 2. The third kappa shape index (κ3) is 6.10. The van der Waals surface area contributed by atoms with Crippen LogP contribution in [-0.4, -0.2) is 70.9 Å². The van der Waals surface area contributed by atoms with Crippen LogP contribution in [0.3, 0.4) is 0 Å². The van der Waals surface area contributed by atoms with Gasteiger partial charge in [0.15, 0.2) is 10.9 Å². The third-order valence-electron chi connectivity index (χ3n) is 4.97. The van der Waals surface area contributed by atoms with E-state index in [9.17, 15) is 9.59 Å². The first-order chi connectivity index (χ1) is 13.3. The molecule has 0 aliphatic carbocycles. The fourth-order valence-corrected chi connectivity index (χ4v) is 3.69. The van der Waals surface area contributed by atoms with Gasteiger partial charge in [0.25, 0.3) is 0 Å². The highest BCUT2D eigenvalue weighted by molar-refractivity contribution is 6.30. The van der Waals surface area contributed by atoms with Crippen molar-refractivity contribution in [2.75, 3.05) is 31.6 Å². The van der Waals surface area contributed by atoms with E-state index < -0.39 is 11.9 Å². The topological polar surface area (TPSA) is 103 Å². The van der Waals surface area contributed by atoms with Crippen LogP contribution in [0, 0.1) is 0 Å². The number of ether oxygens (including phenoxy) is 1. The smallest absolute Gasteiger partial charge is 0.328 e. The molecular formula is C19H26ClN3O5. The second-order valence-corrected chi connectivity index (χ2v) is 7.07. The Morgan fingerprint density at radius 1 is 1.25 bits per heavy atom. The normalized spacial score (nSPS) is 21.8. The van der Waals surface area contributed by atoms with E-state index in [-0.39, 0.29) is 0 Å². The molecule has 0 aromatic carbocycles. The van der Waals surface area contributed by atoms with Crippen molar-refractivity contribution < 1.29 is 24.5 Å². The summed E-state index contributed by atoms with van der Waals surface area (Å²) >= 11 is 6.07. The molecule has 0 amide bonds. The molecule has 154 valence electrons. The van der Waals surface area contributed by atoms with Gasteiger partial charge in [-0.1, -0.05) is 11.6 Å². The van der Waals surface area contributed by atoms with Gasteiger partial charge in [0.1, 0.15) is 0 Å². The van der Waals surface area contributed by atoms with Crippen molar-refractivity contribution in [2.45, 2.75) is 38.3 Å². The third-order valence-corrected chi connectivity index (χ3v) is 5.26. The predicted molar refractivity (Wildman–Crippen MR) is 106 cm³/mol. The van der Waals surface area contributed by atoms with Crippen molar-refractivity contribution in [1.82, 2.24) is 9.88 Å². The lowest BCUT2D eigenvalue weighted by Gasteiger charge is -2.27. The van der Waals surface area contributed by atoms with Crippen LogP contribution in [0.2, 0.25) is 5.15 Å². The lowest BCUT2D eigenvalue weighted by Crippen LogP contribution is -2.36. The van der Waals surface area contributed by atoms with Crippen LogP contribution >= 0.6 is 11.6 Å². The van der Waals surface area contributed by atoms with Gasteiger partial charge in [-0.15, -0.1) is 0 Å². The van der Waals surface area contributed by atoms with Gasteiger partial charge in [-0.25, -0.2) is 14.6 Å². The van der Waals surface area contributed by atoms with Crippen LogP contribution in [0.4, 0.5) is 5.69 Å². The van der Waals surface area contributed by atoms with Crippen molar-refractivity contribution in [3.63, 3.8) is 0 Å². The molecule has 0 spiro atoms. The average molecular weight is 412 g/mol. The second-order valence-electron chi connectivity index (χ2n) is 6.71. The Morgan fingerprint density at radius 3 is 2.50 bits per heavy atom. The Morgan fingerprint density at radius 2 is 1.89 bits per heavy atom. The number of pyridine rings is 1. The molecule has 1 aromatic heterocycles. The molecule has 3 rings (SSSR count). The van der Waals surface area contributed by atoms with Crippen LogP contribution in [0.15, 0.2) is 24.4 Å². The summed E-state index contributed by atoms with van der Waals surface area (Å²) in [7, 11) is 2.26. The van der Waals surface area contributed by atoms with Crippen LogP contribution in [-0.2, 0) is 9.59 Å². The van der Waals surface area contributed by atoms with Crippen LogP contribution in [0.5, 0.6) is 5.75 Å². The van der Waals surface area contributed by atoms with Gasteiger partial charge in [0.2, 0.25) is 0 Å². The molecule has 1 aromatic rings. The number of halogens is 1. The molecule has 2 fully saturated rings. The highest BCUT2D eigenvalue weighted by Crippen LogP contribution is 2.33. The van der Waals surface area contributed by atoms with Crippen LogP contribution in [0.25, 0.3) is 0 Å². The molecule has 2 aliphatic rings. The zero-order chi connectivity index (χ0) is 20.7. The van der Waals surface area contributed by atoms with Gasteiger partial charge in [-0.05, 0) is 33.2 Å². The van der Waals surface area contributed by atoms with Crippen molar-refractivity contribution >= 4 is 29.2 Å². The van der Waals surface area contributed by atoms with Gasteiger partial charge in [0, 0.05) is 43.4 Å². The number of anilines is 1. The maximum atomic E-state index is 9.55. The number of fused-ring (bicyclic) bond motifs is 2. The van der Waals surface area contributed by atoms with E-state index in [1.54, 1.807) is 0 Å². The van der Waals surface area contributed by atoms with Crippen molar-refractivity contribution in [2.24, 2.45) is 0 Å². The number of hydrogen-bond donors (Lipinski definition) is 2. The molecule has 3 heterocycles. The maximum Gasteiger partial charge on any atom is 0.328 e. The van der Waals surface area contributed by atoms with E-state index in [0.717, 1.165) is 24.8 Å². The number of carboxylic acids is 2. The summed E-state index contributed by atoms with van der Waals surface area (Å²) in [5, 5.41) is 16.1. The minimum absolute atomic E-state index is 0.448. The van der Waals surface area contributed by atoms with E-state index in [2.05, 4.69) is 21.8 Å². The fraction of sp³-hybridized carbons (Fsp3) is 0.526. The molecule has 2 unspecified atom stereocenters. The number of hydrogen-bond acceptors (Lipinski definition) is 6. The zero-order valence-electron chi connectivity index (χ0n) is 16.0. The van der Waals surface area contributed by atoms with Crippen LogP contribution in [0.1, 0.15) is 26.2 Å². The molecular weight excluding hydrogens is 386 g/mol. The Kier molecular flexibility index (Phi) is 8.07. The molecule has 8 nitrogen and oxygen atoms in total. The lowest BCUT2D eigenvalue weighted by molar-refractivity contribution is -0.134. The highest BCUT2D eigenvalue weighted by Gasteiger charge is 2.34. The predicted octanol–water partition coefficient (Wildman–Crippen LogP) is 2.52. The van der Waals surface area contributed by atoms with Crippen molar-refractivity contribution in [1.29, 1.82) is 0 Å². The summed E-state index contributed by atoms with van der Waals surface area (Å²) in [6.07, 6.45) is 6.85. The lowest BCUT2D eigenvalue weighted by atomic mass is 10.1. The zero-order valence-corrected chi connectivity index (χ0v) is 16.8. The summed E-state index contributed by atoms with van der Waals surface area (Å²) in [6, 6.07) is 3.43. The molecule has 2 aliphatic heterocycles. The van der Waals surface area contributed by atoms with Gasteiger partial charge in [0.05, 0.1) is 18.5 Å². The number of nitrogens with zero attached hydrogens (tertiary/aromatic N) is 3. The Balaban J connectivity index is 0.000000300. The standard InChI is InChI=1S/C15H22ClN3O.C4H4O4/c1-3-20-14-8-13(9-17-15(14)16)19-7-6-11-4-5-12(10-19)18(11)2;5-3(6)1-2-4(7)8/h8-9,11-12H,3-7,10H2,1-2H3;1-2H,(H,5,6)(H,7,8)/b;2-1+. The number of carbonyl (C=O) groups is 2. The average Bonchev–Trinajstić information content (AvgIpc) is 2.88. The summed E-state index contributed by atoms with van der Waals surface area (Å²) in [5.41, 5.74) is 1.12. The monoisotopic (exact) mass is 411 g/mol. The maximum absolute atomic E-state index is 9.55. The second kappa shape index (κ2) is 10.3. The molecule has 9 heteroatoms. The largest absolute Gasteiger partial charge is 0.491 e. The molecule has 0 radical (unpaired) electrons. The molecule has 2 atom stereocenters. The Labute approximate surface area is 169 Å². The van der Waals surface area contributed by atoms with E-state index in [1.807, 2.05) is 19.2 Å². The molecule has 2 bridgehead atoms. The Hall–Kier alpha value is -2.32. The first-order valence-electron chi connectivity index (χ1n) is 9.21. The fourth-order valence-electron chi connectivity index (χ4n) is 3.53. The molecule has 0 saturated carbocycles. The first-order valence-corrected chi connectivity index (χ1v) is 9.58. The van der Waals surface area contributed by atoms with Crippen molar-refractivity contribution in [3.8, 4) is 5.75 Å². The minimum Gasteiger partial charge on any atom is -0.491 e. The SMILES string of the molecule is CCOc1cc(N2CCC3CCC(C2)N3C)cnc1Cl.O=C(O)/C=C/C(=O)O. The van der Waals surface area contributed by atoms with E-state index >= 15 is 0 Å². The quantitative estimate of drug-likeness (QED) is 0.562. The molecule has 2 saturated heterocycles. The minimum atomic E-state index is -1.26. The number of aliphatic carboxylic acids is 2. The van der Waals surface area contributed by atoms with E-state index in [4.69, 9.17) is 26.6 Å². The summed E-state index contributed by atoms with van der Waals surface area (Å²) in [6.45, 7) is 4.73. The van der Waals surface area contributed by atoms with Crippen LogP contribution < -0.4 is 9.64 Å².